The number of halogens is 1. The fraction of sp³-hybridized carbons (Fsp3) is 0.333. The molecule has 2 aromatic rings. The van der Waals surface area contributed by atoms with Crippen LogP contribution in [0.25, 0.3) is 0 Å². The van der Waals surface area contributed by atoms with Crippen LogP contribution in [0.3, 0.4) is 0 Å². The molecule has 4 nitrogen and oxygen atoms in total. The molecule has 0 spiro atoms. The lowest BCUT2D eigenvalue weighted by molar-refractivity contribution is -0.122. The quantitative estimate of drug-likeness (QED) is 0.792. The van der Waals surface area contributed by atoms with Gasteiger partial charge >= 0.3 is 0 Å². The summed E-state index contributed by atoms with van der Waals surface area (Å²) in [5, 5.41) is 2.96. The molecule has 3 rings (SSSR count). The van der Waals surface area contributed by atoms with Crippen LogP contribution in [-0.2, 0) is 16.0 Å². The van der Waals surface area contributed by atoms with E-state index in [1.54, 1.807) is 4.90 Å². The topological polar surface area (TPSA) is 49.4 Å². The van der Waals surface area contributed by atoms with E-state index in [2.05, 4.69) is 28.2 Å². The average molecular weight is 415 g/mol. The molecule has 0 radical (unpaired) electrons. The maximum absolute atomic E-state index is 12.6. The van der Waals surface area contributed by atoms with Crippen LogP contribution < -0.4 is 10.2 Å². The van der Waals surface area contributed by atoms with Gasteiger partial charge in [0.1, 0.15) is 0 Å². The summed E-state index contributed by atoms with van der Waals surface area (Å²) >= 11 is 3.53. The summed E-state index contributed by atoms with van der Waals surface area (Å²) in [4.78, 5) is 26.7. The SMILES string of the molecule is CCc1ccc(N2C[C@@H](C(=O)Nc3cc(C)c(Br)c(C)c3)CC2=O)cc1. The van der Waals surface area contributed by atoms with E-state index in [0.717, 1.165) is 33.4 Å². The van der Waals surface area contributed by atoms with Gasteiger partial charge in [0.15, 0.2) is 0 Å². The van der Waals surface area contributed by atoms with Crippen molar-refractivity contribution in [1.82, 2.24) is 0 Å². The second kappa shape index (κ2) is 7.62. The summed E-state index contributed by atoms with van der Waals surface area (Å²) in [6.45, 7) is 6.51. The van der Waals surface area contributed by atoms with Crippen molar-refractivity contribution >= 4 is 39.1 Å². The highest BCUT2D eigenvalue weighted by atomic mass is 79.9. The van der Waals surface area contributed by atoms with E-state index in [4.69, 9.17) is 0 Å². The number of rotatable bonds is 4. The lowest BCUT2D eigenvalue weighted by atomic mass is 10.1. The largest absolute Gasteiger partial charge is 0.326 e. The summed E-state index contributed by atoms with van der Waals surface area (Å²) in [7, 11) is 0. The van der Waals surface area contributed by atoms with Crippen molar-refractivity contribution in [2.24, 2.45) is 5.92 Å². The van der Waals surface area contributed by atoms with Gasteiger partial charge in [0, 0.05) is 28.8 Å². The van der Waals surface area contributed by atoms with E-state index >= 15 is 0 Å². The number of aryl methyl sites for hydroxylation is 3. The number of hydrogen-bond acceptors (Lipinski definition) is 2. The van der Waals surface area contributed by atoms with Crippen LogP contribution in [0.5, 0.6) is 0 Å². The van der Waals surface area contributed by atoms with Crippen molar-refractivity contribution < 1.29 is 9.59 Å². The van der Waals surface area contributed by atoms with E-state index in [9.17, 15) is 9.59 Å². The molecule has 136 valence electrons. The summed E-state index contributed by atoms with van der Waals surface area (Å²) in [6.07, 6.45) is 1.21. The average Bonchev–Trinajstić information content (AvgIpc) is 3.01. The molecule has 1 aliphatic rings. The Hall–Kier alpha value is -2.14. The van der Waals surface area contributed by atoms with Crippen molar-refractivity contribution in [2.75, 3.05) is 16.8 Å². The van der Waals surface area contributed by atoms with Crippen LogP contribution in [0, 0.1) is 19.8 Å². The van der Waals surface area contributed by atoms with Gasteiger partial charge in [0.2, 0.25) is 11.8 Å². The van der Waals surface area contributed by atoms with Crippen LogP contribution in [0.4, 0.5) is 11.4 Å². The van der Waals surface area contributed by atoms with Crippen molar-refractivity contribution in [3.05, 3.63) is 57.6 Å². The Balaban J connectivity index is 1.70. The third-order valence-electron chi connectivity index (χ3n) is 4.86. The first-order chi connectivity index (χ1) is 12.4. The van der Waals surface area contributed by atoms with E-state index in [1.165, 1.54) is 5.56 Å². The summed E-state index contributed by atoms with van der Waals surface area (Å²) in [5.41, 5.74) is 5.00. The molecule has 1 aliphatic heterocycles. The molecule has 1 saturated heterocycles. The van der Waals surface area contributed by atoms with E-state index < -0.39 is 0 Å². The summed E-state index contributed by atoms with van der Waals surface area (Å²) in [5.74, 6) is -0.442. The van der Waals surface area contributed by atoms with Crippen LogP contribution in [0.15, 0.2) is 40.9 Å². The Bertz CT molecular complexity index is 823. The van der Waals surface area contributed by atoms with Crippen molar-refractivity contribution in [1.29, 1.82) is 0 Å². The van der Waals surface area contributed by atoms with Crippen LogP contribution in [0.1, 0.15) is 30.0 Å². The lowest BCUT2D eigenvalue weighted by Gasteiger charge is -2.17. The monoisotopic (exact) mass is 414 g/mol. The number of carbonyl (C=O) groups excluding carboxylic acids is 2. The standard InChI is InChI=1S/C21H23BrN2O2/c1-4-15-5-7-18(8-6-15)24-12-16(11-19(24)25)21(26)23-17-9-13(2)20(22)14(3)10-17/h5-10,16H,4,11-12H2,1-3H3,(H,23,26)/t16-/m0/s1. The van der Waals surface area contributed by atoms with E-state index in [1.807, 2.05) is 50.2 Å². The van der Waals surface area contributed by atoms with Crippen molar-refractivity contribution in [3.63, 3.8) is 0 Å². The minimum absolute atomic E-state index is 0.00225. The van der Waals surface area contributed by atoms with Gasteiger partial charge in [-0.1, -0.05) is 35.0 Å². The zero-order valence-corrected chi connectivity index (χ0v) is 16.9. The van der Waals surface area contributed by atoms with Gasteiger partial charge < -0.3 is 10.2 Å². The highest BCUT2D eigenvalue weighted by molar-refractivity contribution is 9.10. The lowest BCUT2D eigenvalue weighted by Crippen LogP contribution is -2.28. The molecular weight excluding hydrogens is 392 g/mol. The first kappa shape index (κ1) is 18.6. The second-order valence-corrected chi connectivity index (χ2v) is 7.63. The van der Waals surface area contributed by atoms with Gasteiger partial charge in [-0.3, -0.25) is 9.59 Å². The fourth-order valence-corrected chi connectivity index (χ4v) is 3.54. The fourth-order valence-electron chi connectivity index (χ4n) is 3.31. The molecular formula is C21H23BrN2O2. The Kier molecular flexibility index (Phi) is 5.47. The van der Waals surface area contributed by atoms with Gasteiger partial charge in [-0.15, -0.1) is 0 Å². The molecule has 1 atom stereocenters. The van der Waals surface area contributed by atoms with Gasteiger partial charge in [-0.25, -0.2) is 0 Å². The molecule has 0 saturated carbocycles. The predicted molar refractivity (Wildman–Crippen MR) is 109 cm³/mol. The molecule has 1 N–H and O–H groups in total. The molecule has 0 bridgehead atoms. The normalized spacial score (nSPS) is 16.8. The van der Waals surface area contributed by atoms with Gasteiger partial charge in [0.25, 0.3) is 0 Å². The van der Waals surface area contributed by atoms with E-state index in [-0.39, 0.29) is 24.2 Å². The number of benzene rings is 2. The maximum atomic E-state index is 12.6. The smallest absolute Gasteiger partial charge is 0.229 e. The third-order valence-corrected chi connectivity index (χ3v) is 6.11. The van der Waals surface area contributed by atoms with Gasteiger partial charge in [-0.2, -0.15) is 0 Å². The minimum Gasteiger partial charge on any atom is -0.326 e. The molecule has 2 amide bonds. The Labute approximate surface area is 162 Å². The predicted octanol–water partition coefficient (Wildman–Crippen LogP) is 4.62. The number of hydrogen-bond donors (Lipinski definition) is 1. The summed E-state index contributed by atoms with van der Waals surface area (Å²) < 4.78 is 1.05. The number of anilines is 2. The molecule has 0 aliphatic carbocycles. The third kappa shape index (κ3) is 3.83. The van der Waals surface area contributed by atoms with Crippen LogP contribution in [-0.4, -0.2) is 18.4 Å². The Morgan fingerprint density at radius 3 is 2.38 bits per heavy atom. The van der Waals surface area contributed by atoms with Gasteiger partial charge in [0.05, 0.1) is 5.92 Å². The summed E-state index contributed by atoms with van der Waals surface area (Å²) in [6, 6.07) is 11.9. The molecule has 1 heterocycles. The van der Waals surface area contributed by atoms with Crippen LogP contribution in [0.2, 0.25) is 0 Å². The second-order valence-electron chi connectivity index (χ2n) is 6.84. The van der Waals surface area contributed by atoms with Crippen molar-refractivity contribution in [2.45, 2.75) is 33.6 Å². The molecule has 0 unspecified atom stereocenters. The minimum atomic E-state index is -0.336. The number of carbonyl (C=O) groups is 2. The highest BCUT2D eigenvalue weighted by Gasteiger charge is 2.35. The zero-order chi connectivity index (χ0) is 18.8. The number of nitrogens with zero attached hydrogens (tertiary/aromatic N) is 1. The highest BCUT2D eigenvalue weighted by Crippen LogP contribution is 2.28. The maximum Gasteiger partial charge on any atom is 0.229 e. The molecule has 1 fully saturated rings. The number of amides is 2. The number of nitrogens with one attached hydrogen (secondary N) is 1. The van der Waals surface area contributed by atoms with Gasteiger partial charge in [-0.05, 0) is 61.2 Å². The van der Waals surface area contributed by atoms with E-state index in [0.29, 0.717) is 6.54 Å². The molecule has 5 heteroatoms. The molecule has 26 heavy (non-hydrogen) atoms. The first-order valence-electron chi connectivity index (χ1n) is 8.86. The zero-order valence-electron chi connectivity index (χ0n) is 15.3. The van der Waals surface area contributed by atoms with Crippen LogP contribution >= 0.6 is 15.9 Å². The Morgan fingerprint density at radius 1 is 1.19 bits per heavy atom. The van der Waals surface area contributed by atoms with Crippen molar-refractivity contribution in [3.8, 4) is 0 Å². The molecule has 2 aromatic carbocycles. The molecule has 0 aromatic heterocycles. The first-order valence-corrected chi connectivity index (χ1v) is 9.65. The Morgan fingerprint density at radius 2 is 1.81 bits per heavy atom.